The van der Waals surface area contributed by atoms with E-state index in [9.17, 15) is 14.7 Å². The highest BCUT2D eigenvalue weighted by molar-refractivity contribution is 5.91. The summed E-state index contributed by atoms with van der Waals surface area (Å²) in [5, 5.41) is 12.3. The minimum Gasteiger partial charge on any atom is -0.459 e. The SMILES string of the molecule is CCO[C@H]1OC(C(=O)NCCCN2CCCC2=O)=C[C@@H](c2ccc3c(c2)OCO3)[C@H]1CCCO. The van der Waals surface area contributed by atoms with E-state index in [1.165, 1.54) is 0 Å². The number of carbonyl (C=O) groups is 2. The first kappa shape index (κ1) is 24.3. The van der Waals surface area contributed by atoms with Crippen LogP contribution in [0.1, 0.15) is 50.5 Å². The molecule has 9 nitrogen and oxygen atoms in total. The molecule has 0 unspecified atom stereocenters. The lowest BCUT2D eigenvalue weighted by Gasteiger charge is -2.37. The first-order chi connectivity index (χ1) is 16.6. The van der Waals surface area contributed by atoms with Crippen LogP contribution in [0.4, 0.5) is 0 Å². The predicted molar refractivity (Wildman–Crippen MR) is 123 cm³/mol. The molecule has 3 aliphatic heterocycles. The lowest BCUT2D eigenvalue weighted by atomic mass is 9.80. The van der Waals surface area contributed by atoms with Crippen molar-refractivity contribution in [3.8, 4) is 11.5 Å². The third kappa shape index (κ3) is 5.64. The molecule has 0 aromatic heterocycles. The Morgan fingerprint density at radius 2 is 2.12 bits per heavy atom. The lowest BCUT2D eigenvalue weighted by Crippen LogP contribution is -2.39. The van der Waals surface area contributed by atoms with Crippen molar-refractivity contribution in [3.05, 3.63) is 35.6 Å². The number of carbonyl (C=O) groups excluding carboxylic acids is 2. The van der Waals surface area contributed by atoms with Crippen LogP contribution in [-0.4, -0.2) is 67.8 Å². The summed E-state index contributed by atoms with van der Waals surface area (Å²) >= 11 is 0. The average Bonchev–Trinajstić information content (AvgIpc) is 3.48. The molecular weight excluding hydrogens is 440 g/mol. The molecule has 0 radical (unpaired) electrons. The Hall–Kier alpha value is -2.78. The number of nitrogens with zero attached hydrogens (tertiary/aromatic N) is 1. The maximum atomic E-state index is 13.0. The van der Waals surface area contributed by atoms with Gasteiger partial charge in [0.1, 0.15) is 0 Å². The zero-order chi connectivity index (χ0) is 23.9. The van der Waals surface area contributed by atoms with Crippen LogP contribution in [0, 0.1) is 5.92 Å². The van der Waals surface area contributed by atoms with Crippen molar-refractivity contribution in [2.45, 2.75) is 51.2 Å². The first-order valence-corrected chi connectivity index (χ1v) is 12.2. The van der Waals surface area contributed by atoms with Crippen LogP contribution in [0.2, 0.25) is 0 Å². The summed E-state index contributed by atoms with van der Waals surface area (Å²) in [6.45, 7) is 4.47. The Bertz CT molecular complexity index is 903. The van der Waals surface area contributed by atoms with Gasteiger partial charge in [0.25, 0.3) is 5.91 Å². The quantitative estimate of drug-likeness (QED) is 0.474. The Labute approximate surface area is 200 Å². The molecule has 4 rings (SSSR count). The molecule has 0 spiro atoms. The number of hydrogen-bond acceptors (Lipinski definition) is 7. The first-order valence-electron chi connectivity index (χ1n) is 12.2. The van der Waals surface area contributed by atoms with E-state index in [0.717, 1.165) is 18.5 Å². The normalized spacial score (nSPS) is 23.6. The van der Waals surface area contributed by atoms with E-state index in [1.54, 1.807) is 0 Å². The largest absolute Gasteiger partial charge is 0.459 e. The maximum absolute atomic E-state index is 13.0. The molecule has 3 aliphatic rings. The summed E-state index contributed by atoms with van der Waals surface area (Å²) in [6.07, 6.45) is 4.71. The highest BCUT2D eigenvalue weighted by Crippen LogP contribution is 2.42. The van der Waals surface area contributed by atoms with Crippen molar-refractivity contribution in [2.75, 3.05) is 39.6 Å². The number of allylic oxidation sites excluding steroid dienone is 1. The van der Waals surface area contributed by atoms with E-state index in [4.69, 9.17) is 18.9 Å². The summed E-state index contributed by atoms with van der Waals surface area (Å²) in [6, 6.07) is 5.78. The minimum absolute atomic E-state index is 0.0692. The maximum Gasteiger partial charge on any atom is 0.286 e. The predicted octanol–water partition coefficient (Wildman–Crippen LogP) is 2.29. The molecule has 1 fully saturated rings. The van der Waals surface area contributed by atoms with E-state index in [2.05, 4.69) is 5.32 Å². The number of benzene rings is 1. The second-order valence-electron chi connectivity index (χ2n) is 8.73. The molecule has 1 aromatic carbocycles. The molecular formula is C25H34N2O7. The summed E-state index contributed by atoms with van der Waals surface area (Å²) in [5.41, 5.74) is 0.970. The molecule has 34 heavy (non-hydrogen) atoms. The molecule has 2 amide bonds. The Kier molecular flexibility index (Phi) is 8.29. The highest BCUT2D eigenvalue weighted by atomic mass is 16.7. The number of ether oxygens (including phenoxy) is 4. The second-order valence-corrected chi connectivity index (χ2v) is 8.73. The molecule has 2 N–H and O–H groups in total. The number of rotatable bonds is 11. The molecule has 186 valence electrons. The van der Waals surface area contributed by atoms with Crippen LogP contribution in [0.25, 0.3) is 0 Å². The van der Waals surface area contributed by atoms with E-state index < -0.39 is 6.29 Å². The van der Waals surface area contributed by atoms with Gasteiger partial charge in [-0.15, -0.1) is 0 Å². The van der Waals surface area contributed by atoms with Gasteiger partial charge in [0.05, 0.1) is 0 Å². The minimum atomic E-state index is -0.611. The zero-order valence-corrected chi connectivity index (χ0v) is 19.7. The van der Waals surface area contributed by atoms with Crippen LogP contribution in [0.5, 0.6) is 11.5 Å². The third-order valence-electron chi connectivity index (χ3n) is 6.48. The number of fused-ring (bicyclic) bond motifs is 1. The molecule has 1 aromatic rings. The molecule has 0 saturated carbocycles. The fourth-order valence-corrected chi connectivity index (χ4v) is 4.76. The second kappa shape index (κ2) is 11.6. The van der Waals surface area contributed by atoms with Crippen LogP contribution < -0.4 is 14.8 Å². The van der Waals surface area contributed by atoms with Gasteiger partial charge in [0, 0.05) is 51.1 Å². The number of nitrogens with one attached hydrogen (secondary N) is 1. The number of aliphatic hydroxyl groups is 1. The summed E-state index contributed by atoms with van der Waals surface area (Å²) in [7, 11) is 0. The molecule has 0 bridgehead atoms. The highest BCUT2D eigenvalue weighted by Gasteiger charge is 2.38. The summed E-state index contributed by atoms with van der Waals surface area (Å²) in [5.74, 6) is 1.24. The van der Waals surface area contributed by atoms with Gasteiger partial charge in [0.2, 0.25) is 19.0 Å². The van der Waals surface area contributed by atoms with Crippen molar-refractivity contribution in [1.82, 2.24) is 10.2 Å². The van der Waals surface area contributed by atoms with E-state index in [1.807, 2.05) is 36.1 Å². The van der Waals surface area contributed by atoms with Gasteiger partial charge in [-0.05, 0) is 56.4 Å². The molecule has 3 heterocycles. The van der Waals surface area contributed by atoms with Crippen molar-refractivity contribution >= 4 is 11.8 Å². The number of likely N-dealkylation sites (tertiary alicyclic amines) is 1. The van der Waals surface area contributed by atoms with Crippen LogP contribution in [0.15, 0.2) is 30.0 Å². The zero-order valence-electron chi connectivity index (χ0n) is 19.7. The Morgan fingerprint density at radius 3 is 2.88 bits per heavy atom. The fraction of sp³-hybridized carbons (Fsp3) is 0.600. The van der Waals surface area contributed by atoms with Crippen molar-refractivity contribution in [1.29, 1.82) is 0 Å². The third-order valence-corrected chi connectivity index (χ3v) is 6.48. The average molecular weight is 475 g/mol. The standard InChI is InChI=1S/C25H34N2O7/c1-2-31-25-18(6-4-13-28)19(17-8-9-20-21(14-17)33-16-32-20)15-22(34-25)24(30)26-10-5-12-27-11-3-7-23(27)29/h8-9,14-15,18-19,25,28H,2-7,10-13,16H2,1H3,(H,26,30)/t18-,19+,25+/m1/s1. The van der Waals surface area contributed by atoms with Gasteiger partial charge in [-0.25, -0.2) is 0 Å². The monoisotopic (exact) mass is 474 g/mol. The van der Waals surface area contributed by atoms with Crippen molar-refractivity contribution in [2.24, 2.45) is 5.92 Å². The van der Waals surface area contributed by atoms with Gasteiger partial charge < -0.3 is 34.3 Å². The Balaban J connectivity index is 1.48. The molecule has 0 aliphatic carbocycles. The van der Waals surface area contributed by atoms with Gasteiger partial charge in [-0.2, -0.15) is 0 Å². The molecule has 1 saturated heterocycles. The number of amides is 2. The summed E-state index contributed by atoms with van der Waals surface area (Å²) in [4.78, 5) is 26.6. The van der Waals surface area contributed by atoms with Gasteiger partial charge in [-0.3, -0.25) is 9.59 Å². The van der Waals surface area contributed by atoms with Gasteiger partial charge in [0.15, 0.2) is 17.3 Å². The van der Waals surface area contributed by atoms with E-state index in [-0.39, 0.29) is 42.8 Å². The summed E-state index contributed by atoms with van der Waals surface area (Å²) < 4.78 is 22.9. The topological polar surface area (TPSA) is 107 Å². The van der Waals surface area contributed by atoms with Crippen molar-refractivity contribution < 1.29 is 33.6 Å². The Morgan fingerprint density at radius 1 is 1.26 bits per heavy atom. The van der Waals surface area contributed by atoms with Crippen molar-refractivity contribution in [3.63, 3.8) is 0 Å². The fourth-order valence-electron chi connectivity index (χ4n) is 4.76. The number of aliphatic hydroxyl groups excluding tert-OH is 1. The molecule has 9 heteroatoms. The van der Waals surface area contributed by atoms with Gasteiger partial charge in [-0.1, -0.05) is 6.07 Å². The number of hydrogen-bond donors (Lipinski definition) is 2. The lowest BCUT2D eigenvalue weighted by molar-refractivity contribution is -0.166. The van der Waals surface area contributed by atoms with Crippen LogP contribution in [0.3, 0.4) is 0 Å². The van der Waals surface area contributed by atoms with E-state index >= 15 is 0 Å². The smallest absolute Gasteiger partial charge is 0.286 e. The van der Waals surface area contributed by atoms with Gasteiger partial charge >= 0.3 is 0 Å². The van der Waals surface area contributed by atoms with Crippen LogP contribution >= 0.6 is 0 Å². The van der Waals surface area contributed by atoms with E-state index in [0.29, 0.717) is 56.9 Å². The molecule has 3 atom stereocenters. The van der Waals surface area contributed by atoms with Crippen LogP contribution in [-0.2, 0) is 19.1 Å².